The molecule has 3 rings (SSSR count). The van der Waals surface area contributed by atoms with Gasteiger partial charge in [-0.1, -0.05) is 29.8 Å². The highest BCUT2D eigenvalue weighted by atomic mass is 35.5. The highest BCUT2D eigenvalue weighted by Crippen LogP contribution is 2.29. The maximum absolute atomic E-state index is 12.1. The smallest absolute Gasteiger partial charge is 0.314 e. The van der Waals surface area contributed by atoms with Gasteiger partial charge in [-0.05, 0) is 61.1 Å². The van der Waals surface area contributed by atoms with Gasteiger partial charge < -0.3 is 20.3 Å². The zero-order chi connectivity index (χ0) is 19.9. The van der Waals surface area contributed by atoms with Gasteiger partial charge in [-0.25, -0.2) is 4.79 Å². The van der Waals surface area contributed by atoms with Gasteiger partial charge in [-0.15, -0.1) is 0 Å². The Balaban J connectivity index is 1.37. The van der Waals surface area contributed by atoms with Crippen molar-refractivity contribution in [3.05, 3.63) is 58.6 Å². The van der Waals surface area contributed by atoms with Crippen molar-refractivity contribution in [2.45, 2.75) is 19.8 Å². The first kappa shape index (κ1) is 20.3. The fourth-order valence-corrected chi connectivity index (χ4v) is 3.72. The number of anilines is 1. The quantitative estimate of drug-likeness (QED) is 0.736. The van der Waals surface area contributed by atoms with E-state index >= 15 is 0 Å². The van der Waals surface area contributed by atoms with Crippen LogP contribution >= 0.6 is 11.6 Å². The van der Waals surface area contributed by atoms with Gasteiger partial charge in [0.15, 0.2) is 0 Å². The standard InChI is InChI=1S/C22H28ClN3O2/c1-16-3-6-19(23)13-21(16)26-12-10-18(15-26)14-25-22(27)24-11-9-17-4-7-20(28-2)8-5-17/h3-8,13,18H,9-12,14-15H2,1-2H3,(H2,24,25,27). The number of carbonyl (C=O) groups is 1. The number of urea groups is 1. The molecule has 2 aromatic carbocycles. The summed E-state index contributed by atoms with van der Waals surface area (Å²) in [5, 5.41) is 6.70. The predicted octanol–water partition coefficient (Wildman–Crippen LogP) is 4.03. The summed E-state index contributed by atoms with van der Waals surface area (Å²) in [7, 11) is 1.65. The summed E-state index contributed by atoms with van der Waals surface area (Å²) < 4.78 is 5.15. The van der Waals surface area contributed by atoms with E-state index in [1.807, 2.05) is 36.4 Å². The molecule has 0 aliphatic carbocycles. The molecular formula is C22H28ClN3O2. The minimum Gasteiger partial charge on any atom is -0.497 e. The van der Waals surface area contributed by atoms with Crippen molar-refractivity contribution in [1.29, 1.82) is 0 Å². The third-order valence-electron chi connectivity index (χ3n) is 5.21. The monoisotopic (exact) mass is 401 g/mol. The molecule has 1 fully saturated rings. The maximum atomic E-state index is 12.1. The van der Waals surface area contributed by atoms with E-state index in [0.29, 0.717) is 19.0 Å². The Hall–Kier alpha value is -2.40. The van der Waals surface area contributed by atoms with Gasteiger partial charge in [0.25, 0.3) is 0 Å². The van der Waals surface area contributed by atoms with Gasteiger partial charge in [-0.3, -0.25) is 0 Å². The van der Waals surface area contributed by atoms with Crippen molar-refractivity contribution in [2.24, 2.45) is 5.92 Å². The molecule has 2 amide bonds. The van der Waals surface area contributed by atoms with Crippen LogP contribution in [0.3, 0.4) is 0 Å². The Morgan fingerprint density at radius 1 is 1.21 bits per heavy atom. The second kappa shape index (κ2) is 9.69. The van der Waals surface area contributed by atoms with E-state index in [0.717, 1.165) is 36.7 Å². The first-order valence-corrected chi connectivity index (χ1v) is 10.1. The molecule has 0 saturated carbocycles. The molecule has 5 nitrogen and oxygen atoms in total. The Morgan fingerprint density at radius 2 is 2.00 bits per heavy atom. The Labute approximate surface area is 172 Å². The van der Waals surface area contributed by atoms with Gasteiger partial charge in [0.2, 0.25) is 0 Å². The van der Waals surface area contributed by atoms with Crippen LogP contribution in [0.15, 0.2) is 42.5 Å². The van der Waals surface area contributed by atoms with Gasteiger partial charge in [0.1, 0.15) is 5.75 Å². The number of amides is 2. The molecular weight excluding hydrogens is 374 g/mol. The molecule has 0 spiro atoms. The second-order valence-electron chi connectivity index (χ2n) is 7.27. The molecule has 6 heteroatoms. The van der Waals surface area contributed by atoms with Crippen LogP contribution in [0.1, 0.15) is 17.5 Å². The van der Waals surface area contributed by atoms with Crippen LogP contribution in [0.2, 0.25) is 5.02 Å². The van der Waals surface area contributed by atoms with Crippen LogP contribution < -0.4 is 20.3 Å². The van der Waals surface area contributed by atoms with Crippen LogP contribution in [0.5, 0.6) is 5.75 Å². The van der Waals surface area contributed by atoms with E-state index in [1.54, 1.807) is 7.11 Å². The fourth-order valence-electron chi connectivity index (χ4n) is 3.55. The maximum Gasteiger partial charge on any atom is 0.314 e. The summed E-state index contributed by atoms with van der Waals surface area (Å²) in [6.07, 6.45) is 1.86. The van der Waals surface area contributed by atoms with E-state index < -0.39 is 0 Å². The van der Waals surface area contributed by atoms with E-state index in [2.05, 4.69) is 28.5 Å². The number of aryl methyl sites for hydroxylation is 1. The minimum absolute atomic E-state index is 0.106. The molecule has 1 atom stereocenters. The van der Waals surface area contributed by atoms with Crippen LogP contribution in [-0.2, 0) is 6.42 Å². The number of ether oxygens (including phenoxy) is 1. The van der Waals surface area contributed by atoms with Crippen molar-refractivity contribution >= 4 is 23.3 Å². The molecule has 2 N–H and O–H groups in total. The van der Waals surface area contributed by atoms with Gasteiger partial charge in [0, 0.05) is 36.9 Å². The number of benzene rings is 2. The Bertz CT molecular complexity index is 795. The molecule has 0 aromatic heterocycles. The topological polar surface area (TPSA) is 53.6 Å². The largest absolute Gasteiger partial charge is 0.497 e. The zero-order valence-electron chi connectivity index (χ0n) is 16.5. The molecule has 0 radical (unpaired) electrons. The van der Waals surface area contributed by atoms with E-state index in [-0.39, 0.29) is 6.03 Å². The lowest BCUT2D eigenvalue weighted by Crippen LogP contribution is -2.39. The highest BCUT2D eigenvalue weighted by molar-refractivity contribution is 6.30. The minimum atomic E-state index is -0.106. The number of rotatable bonds is 7. The summed E-state index contributed by atoms with van der Waals surface area (Å²) in [5.41, 5.74) is 3.60. The van der Waals surface area contributed by atoms with Gasteiger partial charge in [0.05, 0.1) is 7.11 Å². The normalized spacial score (nSPS) is 16.1. The fraction of sp³-hybridized carbons (Fsp3) is 0.409. The number of hydrogen-bond acceptors (Lipinski definition) is 3. The lowest BCUT2D eigenvalue weighted by atomic mass is 10.1. The highest BCUT2D eigenvalue weighted by Gasteiger charge is 2.24. The average molecular weight is 402 g/mol. The van der Waals surface area contributed by atoms with Crippen LogP contribution in [0, 0.1) is 12.8 Å². The first-order valence-electron chi connectivity index (χ1n) is 9.71. The summed E-state index contributed by atoms with van der Waals surface area (Å²) in [6, 6.07) is 13.8. The molecule has 2 aromatic rings. The molecule has 1 heterocycles. The Morgan fingerprint density at radius 3 is 2.75 bits per heavy atom. The summed E-state index contributed by atoms with van der Waals surface area (Å²) in [5.74, 6) is 1.29. The van der Waals surface area contributed by atoms with E-state index in [9.17, 15) is 4.79 Å². The van der Waals surface area contributed by atoms with Crippen molar-refractivity contribution in [2.75, 3.05) is 38.2 Å². The van der Waals surface area contributed by atoms with E-state index in [4.69, 9.17) is 16.3 Å². The van der Waals surface area contributed by atoms with Crippen molar-refractivity contribution in [3.63, 3.8) is 0 Å². The number of hydrogen-bond donors (Lipinski definition) is 2. The van der Waals surface area contributed by atoms with Crippen molar-refractivity contribution in [3.8, 4) is 5.75 Å². The molecule has 1 aliphatic heterocycles. The summed E-state index contributed by atoms with van der Waals surface area (Å²) in [6.45, 7) is 5.33. The van der Waals surface area contributed by atoms with E-state index in [1.165, 1.54) is 16.8 Å². The Kier molecular flexibility index (Phi) is 7.04. The third-order valence-corrected chi connectivity index (χ3v) is 5.44. The molecule has 0 bridgehead atoms. The van der Waals surface area contributed by atoms with Crippen LogP contribution in [0.25, 0.3) is 0 Å². The first-order chi connectivity index (χ1) is 13.5. The molecule has 150 valence electrons. The SMILES string of the molecule is COc1ccc(CCNC(=O)NCC2CCN(c3cc(Cl)ccc3C)C2)cc1. The predicted molar refractivity (Wildman–Crippen MR) is 115 cm³/mol. The summed E-state index contributed by atoms with van der Waals surface area (Å²) in [4.78, 5) is 14.4. The molecule has 28 heavy (non-hydrogen) atoms. The average Bonchev–Trinajstić information content (AvgIpc) is 3.17. The number of nitrogens with zero attached hydrogens (tertiary/aromatic N) is 1. The number of carbonyl (C=O) groups excluding carboxylic acids is 1. The molecule has 1 saturated heterocycles. The van der Waals surface area contributed by atoms with Crippen LogP contribution in [-0.4, -0.2) is 39.3 Å². The van der Waals surface area contributed by atoms with Crippen molar-refractivity contribution < 1.29 is 9.53 Å². The lowest BCUT2D eigenvalue weighted by Gasteiger charge is -2.21. The number of halogens is 1. The summed E-state index contributed by atoms with van der Waals surface area (Å²) >= 11 is 6.14. The van der Waals surface area contributed by atoms with Crippen LogP contribution in [0.4, 0.5) is 10.5 Å². The second-order valence-corrected chi connectivity index (χ2v) is 7.70. The lowest BCUT2D eigenvalue weighted by molar-refractivity contribution is 0.239. The molecule has 1 unspecified atom stereocenters. The number of nitrogens with one attached hydrogen (secondary N) is 2. The van der Waals surface area contributed by atoms with Crippen molar-refractivity contribution in [1.82, 2.24) is 10.6 Å². The molecule has 1 aliphatic rings. The van der Waals surface area contributed by atoms with Gasteiger partial charge in [-0.2, -0.15) is 0 Å². The number of methoxy groups -OCH3 is 1. The van der Waals surface area contributed by atoms with Gasteiger partial charge >= 0.3 is 6.03 Å². The zero-order valence-corrected chi connectivity index (χ0v) is 17.3. The third kappa shape index (κ3) is 5.55.